The molecule has 0 fully saturated rings. The fraction of sp³-hybridized carbons (Fsp3) is 0.500. The first-order chi connectivity index (χ1) is 7.91. The Hall–Kier alpha value is -0.800. The molecule has 0 N–H and O–H groups in total. The van der Waals surface area contributed by atoms with Gasteiger partial charge in [0.05, 0.1) is 4.92 Å². The molecule has 5 heteroatoms. The van der Waals surface area contributed by atoms with Gasteiger partial charge in [-0.3, -0.25) is 10.1 Å². The van der Waals surface area contributed by atoms with Crippen molar-refractivity contribution in [1.29, 1.82) is 0 Å². The highest BCUT2D eigenvalue weighted by atomic mass is 35.5. The first kappa shape index (κ1) is 14.3. The smallest absolute Gasteiger partial charge is 0.258 e. The van der Waals surface area contributed by atoms with E-state index in [1.165, 1.54) is 6.07 Å². The second-order valence-corrected chi connectivity index (χ2v) is 5.33. The molecule has 0 aliphatic carbocycles. The summed E-state index contributed by atoms with van der Waals surface area (Å²) < 4.78 is 0. The van der Waals surface area contributed by atoms with Crippen LogP contribution in [0.5, 0.6) is 0 Å². The molecule has 0 aliphatic rings. The minimum Gasteiger partial charge on any atom is -0.258 e. The molecule has 1 unspecified atom stereocenters. The second kappa shape index (κ2) is 6.22. The van der Waals surface area contributed by atoms with Gasteiger partial charge in [-0.2, -0.15) is 0 Å². The van der Waals surface area contributed by atoms with Crippen LogP contribution >= 0.6 is 23.2 Å². The van der Waals surface area contributed by atoms with Crippen LogP contribution in [0.1, 0.15) is 25.8 Å². The van der Waals surface area contributed by atoms with Gasteiger partial charge in [0.15, 0.2) is 0 Å². The highest BCUT2D eigenvalue weighted by molar-refractivity contribution is 6.30. The normalized spacial score (nSPS) is 12.8. The van der Waals surface area contributed by atoms with Crippen LogP contribution in [0.2, 0.25) is 5.02 Å². The Balaban J connectivity index is 2.80. The van der Waals surface area contributed by atoms with Gasteiger partial charge in [-0.25, -0.2) is 0 Å². The zero-order valence-corrected chi connectivity index (χ0v) is 11.3. The maximum Gasteiger partial charge on any atom is 0.274 e. The van der Waals surface area contributed by atoms with E-state index in [-0.39, 0.29) is 11.1 Å². The van der Waals surface area contributed by atoms with E-state index in [1.54, 1.807) is 12.1 Å². The van der Waals surface area contributed by atoms with Crippen molar-refractivity contribution in [2.45, 2.75) is 32.1 Å². The maximum atomic E-state index is 10.9. The third-order valence-electron chi connectivity index (χ3n) is 2.66. The Morgan fingerprint density at radius 1 is 1.41 bits per heavy atom. The van der Waals surface area contributed by atoms with Gasteiger partial charge in [-0.05, 0) is 24.8 Å². The van der Waals surface area contributed by atoms with Crippen LogP contribution in [0.4, 0.5) is 5.69 Å². The van der Waals surface area contributed by atoms with Crippen molar-refractivity contribution < 1.29 is 4.92 Å². The summed E-state index contributed by atoms with van der Waals surface area (Å²) in [5.74, 6) is 0.364. The average molecular weight is 276 g/mol. The van der Waals surface area contributed by atoms with Gasteiger partial charge in [0.1, 0.15) is 0 Å². The molecule has 0 amide bonds. The summed E-state index contributed by atoms with van der Waals surface area (Å²) in [7, 11) is 0. The fourth-order valence-electron chi connectivity index (χ4n) is 1.55. The third kappa shape index (κ3) is 4.17. The van der Waals surface area contributed by atoms with Crippen LogP contribution in [0, 0.1) is 16.0 Å². The number of alkyl halides is 1. The number of nitro groups is 1. The van der Waals surface area contributed by atoms with Gasteiger partial charge in [-0.1, -0.05) is 31.5 Å². The van der Waals surface area contributed by atoms with E-state index >= 15 is 0 Å². The molecule has 0 heterocycles. The molecule has 3 nitrogen and oxygen atoms in total. The Morgan fingerprint density at radius 3 is 2.59 bits per heavy atom. The molecule has 1 aromatic rings. The molecule has 0 saturated carbocycles. The van der Waals surface area contributed by atoms with Crippen LogP contribution in [0.25, 0.3) is 0 Å². The van der Waals surface area contributed by atoms with Crippen molar-refractivity contribution >= 4 is 28.9 Å². The van der Waals surface area contributed by atoms with Crippen LogP contribution in [0.15, 0.2) is 18.2 Å². The number of hydrogen-bond acceptors (Lipinski definition) is 2. The Bertz CT molecular complexity index is 407. The molecule has 0 spiro atoms. The van der Waals surface area contributed by atoms with Gasteiger partial charge in [-0.15, -0.1) is 11.6 Å². The summed E-state index contributed by atoms with van der Waals surface area (Å²) >= 11 is 11.9. The lowest BCUT2D eigenvalue weighted by molar-refractivity contribution is -0.385. The Morgan fingerprint density at radius 2 is 2.06 bits per heavy atom. The molecule has 0 radical (unpaired) electrons. The van der Waals surface area contributed by atoms with Gasteiger partial charge in [0.25, 0.3) is 5.69 Å². The van der Waals surface area contributed by atoms with E-state index in [9.17, 15) is 10.1 Å². The molecule has 0 aliphatic heterocycles. The molecule has 0 bridgehead atoms. The third-order valence-corrected chi connectivity index (χ3v) is 3.61. The second-order valence-electron chi connectivity index (χ2n) is 4.33. The average Bonchev–Trinajstić information content (AvgIpc) is 2.26. The first-order valence-corrected chi connectivity index (χ1v) is 6.30. The number of nitrogens with zero attached hydrogens (tertiary/aromatic N) is 1. The van der Waals surface area contributed by atoms with Crippen molar-refractivity contribution in [3.05, 3.63) is 38.9 Å². The van der Waals surface area contributed by atoms with E-state index in [2.05, 4.69) is 0 Å². The van der Waals surface area contributed by atoms with Crippen LogP contribution in [0.3, 0.4) is 0 Å². The van der Waals surface area contributed by atoms with Crippen molar-refractivity contribution in [1.82, 2.24) is 0 Å². The van der Waals surface area contributed by atoms with Crippen LogP contribution in [-0.4, -0.2) is 10.3 Å². The quantitative estimate of drug-likeness (QED) is 0.453. The Kier molecular flexibility index (Phi) is 5.22. The fourth-order valence-corrected chi connectivity index (χ4v) is 1.82. The van der Waals surface area contributed by atoms with Crippen molar-refractivity contribution in [3.8, 4) is 0 Å². The van der Waals surface area contributed by atoms with Crippen LogP contribution < -0.4 is 0 Å². The summed E-state index contributed by atoms with van der Waals surface area (Å²) in [6.07, 6.45) is 1.32. The van der Waals surface area contributed by atoms with Crippen molar-refractivity contribution in [2.24, 2.45) is 5.92 Å². The monoisotopic (exact) mass is 275 g/mol. The predicted molar refractivity (Wildman–Crippen MR) is 70.9 cm³/mol. The van der Waals surface area contributed by atoms with Crippen molar-refractivity contribution in [3.63, 3.8) is 0 Å². The van der Waals surface area contributed by atoms with E-state index in [4.69, 9.17) is 23.2 Å². The Labute approximate surface area is 111 Å². The molecule has 1 rings (SSSR count). The van der Waals surface area contributed by atoms with Gasteiger partial charge in [0, 0.05) is 22.0 Å². The van der Waals surface area contributed by atoms with Gasteiger partial charge < -0.3 is 0 Å². The molecule has 1 atom stereocenters. The number of nitro benzene ring substituents is 1. The van der Waals surface area contributed by atoms with Crippen molar-refractivity contribution in [2.75, 3.05) is 0 Å². The van der Waals surface area contributed by atoms with E-state index < -0.39 is 4.92 Å². The number of halogens is 2. The minimum absolute atomic E-state index is 0.0327. The molecule has 0 aromatic heterocycles. The predicted octanol–water partition coefficient (Wildman–Crippen LogP) is 4.44. The summed E-state index contributed by atoms with van der Waals surface area (Å²) in [5.41, 5.74) is 0.760. The largest absolute Gasteiger partial charge is 0.274 e. The first-order valence-electron chi connectivity index (χ1n) is 5.48. The van der Waals surface area contributed by atoms with E-state index in [0.717, 1.165) is 6.42 Å². The lowest BCUT2D eigenvalue weighted by Gasteiger charge is -2.12. The molecular weight excluding hydrogens is 261 g/mol. The highest BCUT2D eigenvalue weighted by Crippen LogP contribution is 2.26. The summed E-state index contributed by atoms with van der Waals surface area (Å²) in [6.45, 7) is 4.07. The number of benzene rings is 1. The van der Waals surface area contributed by atoms with Gasteiger partial charge >= 0.3 is 0 Å². The molecule has 1 aromatic carbocycles. The van der Waals surface area contributed by atoms with E-state index in [1.807, 2.05) is 13.8 Å². The zero-order valence-electron chi connectivity index (χ0n) is 9.82. The maximum absolute atomic E-state index is 10.9. The highest BCUT2D eigenvalue weighted by Gasteiger charge is 2.16. The lowest BCUT2D eigenvalue weighted by Crippen LogP contribution is -2.09. The van der Waals surface area contributed by atoms with Gasteiger partial charge in [0.2, 0.25) is 0 Å². The molecule has 94 valence electrons. The summed E-state index contributed by atoms with van der Waals surface area (Å²) in [4.78, 5) is 10.5. The van der Waals surface area contributed by atoms with E-state index in [0.29, 0.717) is 22.9 Å². The number of hydrogen-bond donors (Lipinski definition) is 0. The SMILES string of the molecule is CC(C)C(Cl)CCc1ccc(Cl)cc1[N+](=O)[O-]. The number of aryl methyl sites for hydroxylation is 1. The standard InChI is InChI=1S/C12H15Cl2NO2/c1-8(2)11(14)6-4-9-3-5-10(13)7-12(9)15(16)17/h3,5,7-8,11H,4,6H2,1-2H3. The molecule has 17 heavy (non-hydrogen) atoms. The van der Waals surface area contributed by atoms with Crippen LogP contribution in [-0.2, 0) is 6.42 Å². The minimum atomic E-state index is -0.403. The molecule has 0 saturated heterocycles. The summed E-state index contributed by atoms with van der Waals surface area (Å²) in [6, 6.07) is 4.75. The summed E-state index contributed by atoms with van der Waals surface area (Å²) in [5, 5.41) is 11.3. The lowest BCUT2D eigenvalue weighted by atomic mass is 10.0. The topological polar surface area (TPSA) is 43.1 Å². The zero-order chi connectivity index (χ0) is 13.0. The molecular formula is C12H15Cl2NO2. The number of rotatable bonds is 5.